The summed E-state index contributed by atoms with van der Waals surface area (Å²) in [6, 6.07) is 11.2. The molecule has 0 spiro atoms. The van der Waals surface area contributed by atoms with Gasteiger partial charge in [0.1, 0.15) is 11.5 Å². The van der Waals surface area contributed by atoms with Crippen molar-refractivity contribution in [3.63, 3.8) is 0 Å². The lowest BCUT2D eigenvalue weighted by Crippen LogP contribution is -2.36. The average Bonchev–Trinajstić information content (AvgIpc) is 3.06. The van der Waals surface area contributed by atoms with E-state index in [9.17, 15) is 4.79 Å². The molecule has 1 aliphatic rings. The largest absolute Gasteiger partial charge is 0.360 e. The molecule has 25 heavy (non-hydrogen) atoms. The van der Waals surface area contributed by atoms with Crippen LogP contribution >= 0.6 is 11.6 Å². The molecule has 0 N–H and O–H groups in total. The van der Waals surface area contributed by atoms with Crippen LogP contribution in [0.4, 0.5) is 0 Å². The molecule has 1 amide bonds. The van der Waals surface area contributed by atoms with Gasteiger partial charge >= 0.3 is 0 Å². The molecule has 126 valence electrons. The van der Waals surface area contributed by atoms with Crippen LogP contribution in [0.25, 0.3) is 11.3 Å². The van der Waals surface area contributed by atoms with Crippen molar-refractivity contribution in [2.24, 2.45) is 0 Å². The second-order valence-corrected chi connectivity index (χ2v) is 6.47. The molecule has 1 aliphatic heterocycles. The Hall–Kier alpha value is -2.66. The molecule has 3 heterocycles. The Morgan fingerprint density at radius 2 is 1.92 bits per heavy atom. The van der Waals surface area contributed by atoms with Gasteiger partial charge in [-0.3, -0.25) is 9.78 Å². The highest BCUT2D eigenvalue weighted by Crippen LogP contribution is 2.30. The molecule has 2 aromatic heterocycles. The van der Waals surface area contributed by atoms with Crippen LogP contribution in [0.15, 0.2) is 53.3 Å². The number of hydrogen-bond donors (Lipinski definition) is 0. The van der Waals surface area contributed by atoms with E-state index >= 15 is 0 Å². The van der Waals surface area contributed by atoms with E-state index in [0.29, 0.717) is 31.0 Å². The number of amides is 1. The quantitative estimate of drug-likeness (QED) is 0.723. The summed E-state index contributed by atoms with van der Waals surface area (Å²) < 4.78 is 5.49. The summed E-state index contributed by atoms with van der Waals surface area (Å²) in [4.78, 5) is 18.5. The Balaban J connectivity index is 1.55. The van der Waals surface area contributed by atoms with Gasteiger partial charge in [0.25, 0.3) is 0 Å². The maximum Gasteiger partial charge on any atom is 0.227 e. The first-order valence-corrected chi connectivity index (χ1v) is 8.48. The van der Waals surface area contributed by atoms with Gasteiger partial charge in [0, 0.05) is 41.5 Å². The van der Waals surface area contributed by atoms with E-state index in [4.69, 9.17) is 16.1 Å². The molecule has 6 heteroatoms. The van der Waals surface area contributed by atoms with Gasteiger partial charge in [0.05, 0.1) is 13.0 Å². The molecule has 5 nitrogen and oxygen atoms in total. The number of halogens is 1. The summed E-state index contributed by atoms with van der Waals surface area (Å²) in [6.45, 7) is 1.16. The van der Waals surface area contributed by atoms with Crippen molar-refractivity contribution >= 4 is 17.5 Å². The Labute approximate surface area is 150 Å². The molecule has 3 aromatic rings. The molecule has 0 saturated carbocycles. The molecule has 4 rings (SSSR count). The highest BCUT2D eigenvalue weighted by molar-refractivity contribution is 6.30. The maximum absolute atomic E-state index is 12.6. The van der Waals surface area contributed by atoms with Crippen LogP contribution in [0.5, 0.6) is 0 Å². The SMILES string of the molecule is O=C(Cc1ccncc1)N1CCc2onc(-c3ccc(Cl)cc3)c2C1. The van der Waals surface area contributed by atoms with Gasteiger partial charge in [-0.25, -0.2) is 0 Å². The lowest BCUT2D eigenvalue weighted by atomic mass is 10.0. The molecular formula is C19H16ClN3O2. The van der Waals surface area contributed by atoms with Crippen LogP contribution in [0.2, 0.25) is 5.02 Å². The zero-order valence-corrected chi connectivity index (χ0v) is 14.2. The van der Waals surface area contributed by atoms with Crippen molar-refractivity contribution in [2.75, 3.05) is 6.54 Å². The first kappa shape index (κ1) is 15.8. The van der Waals surface area contributed by atoms with E-state index in [-0.39, 0.29) is 5.91 Å². The molecule has 0 fully saturated rings. The van der Waals surface area contributed by atoms with E-state index in [0.717, 1.165) is 28.1 Å². The molecule has 1 aromatic carbocycles. The fraction of sp³-hybridized carbons (Fsp3) is 0.211. The molecule has 0 bridgehead atoms. The number of hydrogen-bond acceptors (Lipinski definition) is 4. The predicted octanol–water partition coefficient (Wildman–Crippen LogP) is 3.52. The van der Waals surface area contributed by atoms with Crippen molar-refractivity contribution in [1.29, 1.82) is 0 Å². The number of carbonyl (C=O) groups is 1. The van der Waals surface area contributed by atoms with Crippen LogP contribution in [-0.2, 0) is 24.2 Å². The van der Waals surface area contributed by atoms with Crippen molar-refractivity contribution in [2.45, 2.75) is 19.4 Å². The zero-order valence-electron chi connectivity index (χ0n) is 13.5. The minimum Gasteiger partial charge on any atom is -0.360 e. The smallest absolute Gasteiger partial charge is 0.227 e. The minimum absolute atomic E-state index is 0.0973. The number of rotatable bonds is 3. The van der Waals surface area contributed by atoms with Crippen molar-refractivity contribution in [3.8, 4) is 11.3 Å². The van der Waals surface area contributed by atoms with Crippen LogP contribution in [0.1, 0.15) is 16.9 Å². The van der Waals surface area contributed by atoms with Crippen molar-refractivity contribution < 1.29 is 9.32 Å². The van der Waals surface area contributed by atoms with Crippen LogP contribution < -0.4 is 0 Å². The standard InChI is InChI=1S/C19H16ClN3O2/c20-15-3-1-14(2-4-15)19-16-12-23(10-7-17(16)25-22-19)18(24)11-13-5-8-21-9-6-13/h1-6,8-9H,7,10-12H2. The topological polar surface area (TPSA) is 59.2 Å². The van der Waals surface area contributed by atoms with Gasteiger partial charge in [0.15, 0.2) is 0 Å². The fourth-order valence-corrected chi connectivity index (χ4v) is 3.17. The summed E-state index contributed by atoms with van der Waals surface area (Å²) in [5, 5.41) is 4.89. The summed E-state index contributed by atoms with van der Waals surface area (Å²) in [6.07, 6.45) is 4.46. The van der Waals surface area contributed by atoms with E-state index in [1.165, 1.54) is 0 Å². The Morgan fingerprint density at radius 3 is 2.68 bits per heavy atom. The van der Waals surface area contributed by atoms with Gasteiger partial charge in [-0.1, -0.05) is 28.9 Å². The summed E-state index contributed by atoms with van der Waals surface area (Å²) in [5.41, 5.74) is 3.68. The fourth-order valence-electron chi connectivity index (χ4n) is 3.04. The Bertz CT molecular complexity index is 891. The predicted molar refractivity (Wildman–Crippen MR) is 94.0 cm³/mol. The monoisotopic (exact) mass is 353 g/mol. The third-order valence-corrected chi connectivity index (χ3v) is 4.65. The molecule has 0 unspecified atom stereocenters. The summed E-state index contributed by atoms with van der Waals surface area (Å²) in [5.74, 6) is 0.956. The van der Waals surface area contributed by atoms with Crippen LogP contribution in [0.3, 0.4) is 0 Å². The third kappa shape index (κ3) is 3.28. The van der Waals surface area contributed by atoms with E-state index < -0.39 is 0 Å². The number of aromatic nitrogens is 2. The van der Waals surface area contributed by atoms with Crippen LogP contribution in [0, 0.1) is 0 Å². The van der Waals surface area contributed by atoms with Gasteiger partial charge in [-0.05, 0) is 29.8 Å². The highest BCUT2D eigenvalue weighted by atomic mass is 35.5. The maximum atomic E-state index is 12.6. The number of pyridine rings is 1. The first-order valence-electron chi connectivity index (χ1n) is 8.11. The van der Waals surface area contributed by atoms with E-state index in [1.54, 1.807) is 12.4 Å². The van der Waals surface area contributed by atoms with E-state index in [2.05, 4.69) is 10.1 Å². The third-order valence-electron chi connectivity index (χ3n) is 4.40. The number of benzene rings is 1. The molecule has 0 saturated heterocycles. The van der Waals surface area contributed by atoms with Gasteiger partial charge in [-0.2, -0.15) is 0 Å². The van der Waals surface area contributed by atoms with Gasteiger partial charge in [-0.15, -0.1) is 0 Å². The number of nitrogens with zero attached hydrogens (tertiary/aromatic N) is 3. The van der Waals surface area contributed by atoms with Crippen molar-refractivity contribution in [3.05, 3.63) is 70.7 Å². The lowest BCUT2D eigenvalue weighted by Gasteiger charge is -2.26. The Morgan fingerprint density at radius 1 is 1.16 bits per heavy atom. The van der Waals surface area contributed by atoms with Gasteiger partial charge in [0.2, 0.25) is 5.91 Å². The normalized spacial score (nSPS) is 13.6. The second kappa shape index (κ2) is 6.69. The molecule has 0 atom stereocenters. The molecule has 0 radical (unpaired) electrons. The van der Waals surface area contributed by atoms with Crippen molar-refractivity contribution in [1.82, 2.24) is 15.0 Å². The van der Waals surface area contributed by atoms with E-state index in [1.807, 2.05) is 41.3 Å². The Kier molecular flexibility index (Phi) is 4.24. The van der Waals surface area contributed by atoms with Crippen LogP contribution in [-0.4, -0.2) is 27.5 Å². The first-order chi connectivity index (χ1) is 12.2. The van der Waals surface area contributed by atoms with Gasteiger partial charge < -0.3 is 9.42 Å². The molecule has 0 aliphatic carbocycles. The highest BCUT2D eigenvalue weighted by Gasteiger charge is 2.27. The second-order valence-electron chi connectivity index (χ2n) is 6.04. The number of carbonyl (C=O) groups excluding carboxylic acids is 1. The average molecular weight is 354 g/mol. The lowest BCUT2D eigenvalue weighted by molar-refractivity contribution is -0.131. The zero-order chi connectivity index (χ0) is 17.2. The summed E-state index contributed by atoms with van der Waals surface area (Å²) >= 11 is 5.96. The summed E-state index contributed by atoms with van der Waals surface area (Å²) in [7, 11) is 0. The minimum atomic E-state index is 0.0973. The number of fused-ring (bicyclic) bond motifs is 1. The molecular weight excluding hydrogens is 338 g/mol.